The van der Waals surface area contributed by atoms with E-state index in [-0.39, 0.29) is 66.5 Å². The summed E-state index contributed by atoms with van der Waals surface area (Å²) in [5.74, 6) is 0. The fourth-order valence-corrected chi connectivity index (χ4v) is 8.73. The van der Waals surface area contributed by atoms with Gasteiger partial charge in [0.25, 0.3) is 0 Å². The molecule has 0 aromatic rings. The summed E-state index contributed by atoms with van der Waals surface area (Å²) < 4.78 is 3.59. The van der Waals surface area contributed by atoms with Crippen LogP contribution in [-0.4, -0.2) is 51.4 Å². The molecule has 2 heteroatoms. The number of hydrogen-bond acceptors (Lipinski definition) is 0. The molecular formula is C20H34KZr-3. The molecule has 0 fully saturated rings. The van der Waals surface area contributed by atoms with Crippen LogP contribution in [0.5, 0.6) is 0 Å². The van der Waals surface area contributed by atoms with E-state index in [2.05, 4.69) is 69.2 Å². The number of hydrogen-bond donors (Lipinski definition) is 0. The first-order valence-corrected chi connectivity index (χ1v) is 10.5. The van der Waals surface area contributed by atoms with Crippen LogP contribution in [0, 0.1) is 10.8 Å². The summed E-state index contributed by atoms with van der Waals surface area (Å²) in [6.07, 6.45) is 0. The predicted octanol–water partition coefficient (Wildman–Crippen LogP) is 6.06. The quantitative estimate of drug-likeness (QED) is 0.491. The third-order valence-electron chi connectivity index (χ3n) is 6.38. The van der Waals surface area contributed by atoms with E-state index in [4.69, 9.17) is 0 Å². The molecule has 2 aliphatic rings. The van der Waals surface area contributed by atoms with Crippen LogP contribution in [0.15, 0.2) is 40.0 Å². The number of rotatable bonds is 2. The normalized spacial score (nSPS) is 23.5. The van der Waals surface area contributed by atoms with Crippen LogP contribution in [0.4, 0.5) is 0 Å². The van der Waals surface area contributed by atoms with E-state index < -0.39 is 23.2 Å². The molecule has 2 aliphatic carbocycles. The fraction of sp³-hybridized carbons (Fsp3) is 0.600. The molecule has 2 rings (SSSR count). The first-order chi connectivity index (χ1) is 9.44. The standard InChI is InChI=1S/2C10H15.K.Zr.4H/c2*1-7-6-10(4,5)9(3)8(7)2;;;;;;/h2*1-5H3;;;;;;/q;;;;;3*-1. The van der Waals surface area contributed by atoms with Crippen molar-refractivity contribution in [2.75, 3.05) is 0 Å². The summed E-state index contributed by atoms with van der Waals surface area (Å²) in [5, 5.41) is 0. The molecule has 122 valence electrons. The molecule has 0 nitrogen and oxygen atoms in total. The zero-order valence-corrected chi connectivity index (χ0v) is 18.0. The van der Waals surface area contributed by atoms with Crippen LogP contribution in [0.3, 0.4) is 0 Å². The average molecular weight is 405 g/mol. The fourth-order valence-electron chi connectivity index (χ4n) is 3.81. The Balaban J connectivity index is -0.00000121. The van der Waals surface area contributed by atoms with Gasteiger partial charge < -0.3 is 4.28 Å². The van der Waals surface area contributed by atoms with Crippen molar-refractivity contribution in [2.45, 2.75) is 69.2 Å². The second-order valence-electron chi connectivity index (χ2n) is 7.88. The van der Waals surface area contributed by atoms with Gasteiger partial charge in [0, 0.05) is 0 Å². The van der Waals surface area contributed by atoms with E-state index in [1.807, 2.05) is 0 Å². The van der Waals surface area contributed by atoms with E-state index in [1.165, 1.54) is 0 Å². The molecule has 0 amide bonds. The van der Waals surface area contributed by atoms with Crippen molar-refractivity contribution < 1.29 is 27.5 Å². The Morgan fingerprint density at radius 2 is 0.864 bits per heavy atom. The third-order valence-corrected chi connectivity index (χ3v) is 12.5. The van der Waals surface area contributed by atoms with Crippen molar-refractivity contribution in [3.63, 3.8) is 0 Å². The summed E-state index contributed by atoms with van der Waals surface area (Å²) in [6, 6.07) is 0. The second-order valence-corrected chi connectivity index (χ2v) is 10.9. The summed E-state index contributed by atoms with van der Waals surface area (Å²) in [6.45, 7) is 23.7. The van der Waals surface area contributed by atoms with Crippen LogP contribution in [0.25, 0.3) is 0 Å². The van der Waals surface area contributed by atoms with Crippen molar-refractivity contribution in [1.29, 1.82) is 0 Å². The van der Waals surface area contributed by atoms with Gasteiger partial charge in [-0.1, -0.05) is 0 Å². The maximum atomic E-state index is 2.43. The van der Waals surface area contributed by atoms with Gasteiger partial charge in [0.15, 0.2) is 0 Å². The molecule has 0 unspecified atom stereocenters. The second kappa shape index (κ2) is 7.00. The van der Waals surface area contributed by atoms with Crippen molar-refractivity contribution in [1.82, 2.24) is 0 Å². The minimum atomic E-state index is -0.730. The van der Waals surface area contributed by atoms with Gasteiger partial charge in [-0.25, -0.2) is 0 Å². The van der Waals surface area contributed by atoms with Crippen LogP contribution in [0.2, 0.25) is 0 Å². The molecule has 0 heterocycles. The Kier molecular flexibility index (Phi) is 6.85. The van der Waals surface area contributed by atoms with Gasteiger partial charge in [0.1, 0.15) is 0 Å². The minimum absolute atomic E-state index is 0. The molecule has 0 saturated heterocycles. The first-order valence-electron chi connectivity index (χ1n) is 8.00. The summed E-state index contributed by atoms with van der Waals surface area (Å²) in [5.41, 5.74) is 10.0. The van der Waals surface area contributed by atoms with Crippen LogP contribution in [-0.2, 0) is 23.2 Å². The van der Waals surface area contributed by atoms with E-state index in [0.29, 0.717) is 0 Å². The van der Waals surface area contributed by atoms with E-state index in [1.54, 1.807) is 40.0 Å². The molecule has 0 aromatic carbocycles. The van der Waals surface area contributed by atoms with Gasteiger partial charge in [0.2, 0.25) is 0 Å². The van der Waals surface area contributed by atoms with Gasteiger partial charge in [-0.3, -0.25) is 0 Å². The molecule has 0 N–H and O–H groups in total. The molecule has 0 saturated carbocycles. The van der Waals surface area contributed by atoms with E-state index in [9.17, 15) is 0 Å². The first kappa shape index (κ1) is 21.5. The predicted molar refractivity (Wildman–Crippen MR) is 100 cm³/mol. The molecular weight excluding hydrogens is 371 g/mol. The molecule has 0 atom stereocenters. The summed E-state index contributed by atoms with van der Waals surface area (Å²) in [4.78, 5) is 0. The van der Waals surface area contributed by atoms with Crippen molar-refractivity contribution >= 4 is 51.4 Å². The Morgan fingerprint density at radius 3 is 1.05 bits per heavy atom. The van der Waals surface area contributed by atoms with Crippen LogP contribution >= 0.6 is 0 Å². The van der Waals surface area contributed by atoms with Gasteiger partial charge >= 0.3 is 195 Å². The van der Waals surface area contributed by atoms with Gasteiger partial charge in [-0.05, 0) is 0 Å². The monoisotopic (exact) mass is 403 g/mol. The van der Waals surface area contributed by atoms with E-state index >= 15 is 0 Å². The van der Waals surface area contributed by atoms with Crippen LogP contribution < -0.4 is 0 Å². The van der Waals surface area contributed by atoms with Gasteiger partial charge in [-0.15, -0.1) is 0 Å². The Hall–Kier alpha value is 1.48. The summed E-state index contributed by atoms with van der Waals surface area (Å²) >= 11 is -0.730. The SMILES string of the molecule is CC1=C(C)C(C)(C)[C]([Zr][C]2=C(C)C(C)=C(C)C2(C)C)=C1C.[H-].[H-].[H-].[KH]. The number of allylic oxidation sites excluding steroid dienone is 8. The van der Waals surface area contributed by atoms with Crippen molar-refractivity contribution in [3.05, 3.63) is 40.0 Å². The zero-order chi connectivity index (χ0) is 16.3. The Bertz CT molecular complexity index is 594. The van der Waals surface area contributed by atoms with Crippen molar-refractivity contribution in [2.24, 2.45) is 10.8 Å². The molecule has 0 spiro atoms. The third kappa shape index (κ3) is 3.15. The molecule has 0 aromatic heterocycles. The van der Waals surface area contributed by atoms with E-state index in [0.717, 1.165) is 0 Å². The maximum absolute atomic E-state index is 2.43. The molecule has 0 radical (unpaired) electrons. The topological polar surface area (TPSA) is 0 Å². The van der Waals surface area contributed by atoms with Crippen LogP contribution in [0.1, 0.15) is 73.5 Å². The molecule has 0 bridgehead atoms. The Morgan fingerprint density at radius 1 is 0.591 bits per heavy atom. The molecule has 22 heavy (non-hydrogen) atoms. The summed E-state index contributed by atoms with van der Waals surface area (Å²) in [7, 11) is 0. The van der Waals surface area contributed by atoms with Gasteiger partial charge in [-0.2, -0.15) is 0 Å². The van der Waals surface area contributed by atoms with Gasteiger partial charge in [0.05, 0.1) is 0 Å². The zero-order valence-electron chi connectivity index (χ0n) is 18.5. The average Bonchev–Trinajstić information content (AvgIpc) is 2.63. The molecule has 0 aliphatic heterocycles. The van der Waals surface area contributed by atoms with Crippen molar-refractivity contribution in [3.8, 4) is 0 Å². The Labute approximate surface area is 196 Å².